The van der Waals surface area contributed by atoms with Gasteiger partial charge < -0.3 is 20.3 Å². The van der Waals surface area contributed by atoms with Crippen molar-refractivity contribution in [1.82, 2.24) is 15.5 Å². The van der Waals surface area contributed by atoms with Crippen LogP contribution < -0.4 is 15.4 Å². The first-order valence-electron chi connectivity index (χ1n) is 9.56. The van der Waals surface area contributed by atoms with Crippen LogP contribution in [0.3, 0.4) is 0 Å². The largest absolute Gasteiger partial charge is 0.496 e. The topological polar surface area (TPSA) is 70.7 Å². The third-order valence-corrected chi connectivity index (χ3v) is 5.94. The molecule has 0 aliphatic carbocycles. The first-order chi connectivity index (χ1) is 12.9. The highest BCUT2D eigenvalue weighted by Gasteiger charge is 2.36. The summed E-state index contributed by atoms with van der Waals surface area (Å²) in [7, 11) is 1.52. The van der Waals surface area contributed by atoms with Gasteiger partial charge in [0.1, 0.15) is 11.8 Å². The summed E-state index contributed by atoms with van der Waals surface area (Å²) in [6, 6.07) is 4.53. The number of hydrogen-bond donors (Lipinski definition) is 2. The van der Waals surface area contributed by atoms with Crippen LogP contribution in [0.5, 0.6) is 5.75 Å². The van der Waals surface area contributed by atoms with Crippen LogP contribution in [0.4, 0.5) is 0 Å². The molecule has 2 aliphatic heterocycles. The number of halogens is 1. The standard InChI is InChI=1S/C20H28ClN3O3/c1-20(7-9-22-10-8-20)13-23-18(25)16-4-3-11-24(16)19(26)15-12-14(21)5-6-17(15)27-2/h5-6,12,16,22H,3-4,7-11,13H2,1-2H3,(H,23,25). The number of hydrogen-bond acceptors (Lipinski definition) is 4. The molecular weight excluding hydrogens is 366 g/mol. The van der Waals surface area contributed by atoms with E-state index < -0.39 is 6.04 Å². The first kappa shape index (κ1) is 20.0. The predicted octanol–water partition coefficient (Wildman–Crippen LogP) is 2.46. The van der Waals surface area contributed by atoms with E-state index >= 15 is 0 Å². The van der Waals surface area contributed by atoms with Crippen molar-refractivity contribution in [3.8, 4) is 5.75 Å². The lowest BCUT2D eigenvalue weighted by molar-refractivity contribution is -0.125. The molecule has 2 heterocycles. The van der Waals surface area contributed by atoms with Gasteiger partial charge in [-0.15, -0.1) is 0 Å². The van der Waals surface area contributed by atoms with Crippen molar-refractivity contribution >= 4 is 23.4 Å². The maximum atomic E-state index is 13.1. The summed E-state index contributed by atoms with van der Waals surface area (Å²) in [4.78, 5) is 27.5. The zero-order valence-corrected chi connectivity index (χ0v) is 16.8. The van der Waals surface area contributed by atoms with Gasteiger partial charge in [0.15, 0.2) is 0 Å². The van der Waals surface area contributed by atoms with Crippen LogP contribution in [-0.2, 0) is 4.79 Å². The zero-order valence-electron chi connectivity index (χ0n) is 16.0. The highest BCUT2D eigenvalue weighted by Crippen LogP contribution is 2.29. The van der Waals surface area contributed by atoms with E-state index in [1.54, 1.807) is 23.1 Å². The van der Waals surface area contributed by atoms with Gasteiger partial charge in [-0.2, -0.15) is 0 Å². The summed E-state index contributed by atoms with van der Waals surface area (Å²) in [6.07, 6.45) is 3.58. The molecule has 27 heavy (non-hydrogen) atoms. The Morgan fingerprint density at radius 1 is 1.37 bits per heavy atom. The molecule has 0 saturated carbocycles. The molecule has 0 bridgehead atoms. The highest BCUT2D eigenvalue weighted by molar-refractivity contribution is 6.31. The smallest absolute Gasteiger partial charge is 0.258 e. The van der Waals surface area contributed by atoms with Crippen molar-refractivity contribution in [2.24, 2.45) is 5.41 Å². The van der Waals surface area contributed by atoms with Crippen molar-refractivity contribution in [3.05, 3.63) is 28.8 Å². The summed E-state index contributed by atoms with van der Waals surface area (Å²) < 4.78 is 5.30. The van der Waals surface area contributed by atoms with E-state index in [1.165, 1.54) is 7.11 Å². The summed E-state index contributed by atoms with van der Waals surface area (Å²) in [5.74, 6) is 0.194. The van der Waals surface area contributed by atoms with Gasteiger partial charge in [0.25, 0.3) is 5.91 Å². The molecule has 2 aliphatic rings. The van der Waals surface area contributed by atoms with Crippen LogP contribution in [0.15, 0.2) is 18.2 Å². The fraction of sp³-hybridized carbons (Fsp3) is 0.600. The van der Waals surface area contributed by atoms with E-state index in [-0.39, 0.29) is 17.2 Å². The number of nitrogens with one attached hydrogen (secondary N) is 2. The molecule has 0 spiro atoms. The maximum Gasteiger partial charge on any atom is 0.258 e. The fourth-order valence-electron chi connectivity index (χ4n) is 3.91. The van der Waals surface area contributed by atoms with E-state index in [4.69, 9.17) is 16.3 Å². The first-order valence-corrected chi connectivity index (χ1v) is 9.94. The molecule has 2 N–H and O–H groups in total. The number of rotatable bonds is 5. The van der Waals surface area contributed by atoms with E-state index in [0.717, 1.165) is 32.4 Å². The second-order valence-corrected chi connectivity index (χ2v) is 8.22. The van der Waals surface area contributed by atoms with Crippen LogP contribution in [0.25, 0.3) is 0 Å². The Kier molecular flexibility index (Phi) is 6.27. The molecule has 0 aromatic heterocycles. The van der Waals surface area contributed by atoms with Crippen LogP contribution in [-0.4, -0.2) is 56.0 Å². The lowest BCUT2D eigenvalue weighted by atomic mass is 9.81. The van der Waals surface area contributed by atoms with Gasteiger partial charge in [0, 0.05) is 18.1 Å². The normalized spacial score (nSPS) is 21.7. The number of ether oxygens (including phenoxy) is 1. The number of nitrogens with zero attached hydrogens (tertiary/aromatic N) is 1. The van der Waals surface area contributed by atoms with Gasteiger partial charge in [-0.05, 0) is 62.4 Å². The quantitative estimate of drug-likeness (QED) is 0.806. The number of amides is 2. The maximum absolute atomic E-state index is 13.1. The van der Waals surface area contributed by atoms with Crippen LogP contribution in [0, 0.1) is 5.41 Å². The average Bonchev–Trinajstić information content (AvgIpc) is 3.16. The minimum Gasteiger partial charge on any atom is -0.496 e. The minimum absolute atomic E-state index is 0.0680. The fourth-order valence-corrected chi connectivity index (χ4v) is 4.08. The van der Waals surface area contributed by atoms with E-state index in [0.29, 0.717) is 35.8 Å². The molecule has 0 radical (unpaired) electrons. The van der Waals surface area contributed by atoms with Crippen LogP contribution in [0.2, 0.25) is 5.02 Å². The number of methoxy groups -OCH3 is 1. The number of benzene rings is 1. The molecular formula is C20H28ClN3O3. The molecule has 148 valence electrons. The average molecular weight is 394 g/mol. The van der Waals surface area contributed by atoms with E-state index in [1.807, 2.05) is 0 Å². The van der Waals surface area contributed by atoms with E-state index in [9.17, 15) is 9.59 Å². The summed E-state index contributed by atoms with van der Waals surface area (Å²) in [5.41, 5.74) is 0.514. The van der Waals surface area contributed by atoms with Crippen molar-refractivity contribution in [2.45, 2.75) is 38.6 Å². The molecule has 1 atom stereocenters. The second kappa shape index (κ2) is 8.48. The molecule has 2 amide bonds. The SMILES string of the molecule is COc1ccc(Cl)cc1C(=O)N1CCCC1C(=O)NCC1(C)CCNCC1. The highest BCUT2D eigenvalue weighted by atomic mass is 35.5. The molecule has 1 aromatic carbocycles. The van der Waals surface area contributed by atoms with Gasteiger partial charge in [0.2, 0.25) is 5.91 Å². The predicted molar refractivity (Wildman–Crippen MR) is 105 cm³/mol. The van der Waals surface area contributed by atoms with Gasteiger partial charge in [-0.25, -0.2) is 0 Å². The van der Waals surface area contributed by atoms with Crippen molar-refractivity contribution in [2.75, 3.05) is 33.3 Å². The molecule has 1 unspecified atom stereocenters. The summed E-state index contributed by atoms with van der Waals surface area (Å²) in [6.45, 7) is 5.38. The van der Waals surface area contributed by atoms with Gasteiger partial charge in [0.05, 0.1) is 12.7 Å². The van der Waals surface area contributed by atoms with Gasteiger partial charge >= 0.3 is 0 Å². The van der Waals surface area contributed by atoms with Crippen LogP contribution in [0.1, 0.15) is 43.0 Å². The van der Waals surface area contributed by atoms with Crippen molar-refractivity contribution in [1.29, 1.82) is 0 Å². The van der Waals surface area contributed by atoms with Crippen molar-refractivity contribution < 1.29 is 14.3 Å². The Morgan fingerprint density at radius 2 is 2.11 bits per heavy atom. The Morgan fingerprint density at radius 3 is 2.81 bits per heavy atom. The third-order valence-electron chi connectivity index (χ3n) is 5.71. The summed E-state index contributed by atoms with van der Waals surface area (Å²) >= 11 is 6.06. The Labute approximate surface area is 165 Å². The second-order valence-electron chi connectivity index (χ2n) is 7.78. The Balaban J connectivity index is 1.68. The van der Waals surface area contributed by atoms with Crippen molar-refractivity contribution in [3.63, 3.8) is 0 Å². The summed E-state index contributed by atoms with van der Waals surface area (Å²) in [5, 5.41) is 6.91. The molecule has 7 heteroatoms. The Bertz CT molecular complexity index is 704. The van der Waals surface area contributed by atoms with E-state index in [2.05, 4.69) is 17.6 Å². The molecule has 6 nitrogen and oxygen atoms in total. The zero-order chi connectivity index (χ0) is 19.4. The third kappa shape index (κ3) is 4.55. The van der Waals surface area contributed by atoms with Crippen LogP contribution >= 0.6 is 11.6 Å². The monoisotopic (exact) mass is 393 g/mol. The number of carbonyl (C=O) groups is 2. The minimum atomic E-state index is -0.438. The molecule has 2 fully saturated rings. The molecule has 2 saturated heterocycles. The number of carbonyl (C=O) groups excluding carboxylic acids is 2. The van der Waals surface area contributed by atoms with Gasteiger partial charge in [-0.3, -0.25) is 9.59 Å². The lowest BCUT2D eigenvalue weighted by Crippen LogP contribution is -2.49. The van der Waals surface area contributed by atoms with Gasteiger partial charge in [-0.1, -0.05) is 18.5 Å². The lowest BCUT2D eigenvalue weighted by Gasteiger charge is -2.35. The molecule has 1 aromatic rings. The Hall–Kier alpha value is -1.79. The molecule has 3 rings (SSSR count). The number of piperidine rings is 1. The number of likely N-dealkylation sites (tertiary alicyclic amines) is 1.